The molecule has 1 heterocycles. The molecule has 3 aromatic rings. The Hall–Kier alpha value is -3.86. The molecule has 0 unspecified atom stereocenters. The molecular formula is C19H16N4O6S. The maximum absolute atomic E-state index is 12.3. The molecule has 0 radical (unpaired) electrons. The molecule has 11 heteroatoms. The van der Waals surface area contributed by atoms with Gasteiger partial charge in [-0.15, -0.1) is 5.10 Å². The Morgan fingerprint density at radius 3 is 2.47 bits per heavy atom. The monoisotopic (exact) mass is 428 g/mol. The number of nitro benzene ring substituents is 1. The van der Waals surface area contributed by atoms with Gasteiger partial charge < -0.3 is 4.42 Å². The Morgan fingerprint density at radius 1 is 1.10 bits per heavy atom. The van der Waals surface area contributed by atoms with Gasteiger partial charge in [-0.25, -0.2) is 8.42 Å². The van der Waals surface area contributed by atoms with E-state index >= 15 is 0 Å². The quantitative estimate of drug-likeness (QED) is 0.327. The zero-order chi connectivity index (χ0) is 21.6. The number of aromatic nitrogens is 2. The minimum Gasteiger partial charge on any atom is -0.408 e. The zero-order valence-corrected chi connectivity index (χ0v) is 16.3. The Balaban J connectivity index is 1.54. The van der Waals surface area contributed by atoms with Crippen LogP contribution in [0.1, 0.15) is 11.5 Å². The summed E-state index contributed by atoms with van der Waals surface area (Å²) in [4.78, 5) is 22.3. The average molecular weight is 428 g/mol. The number of carbonyl (C=O) groups excluding carboxylic acids is 1. The highest BCUT2D eigenvalue weighted by Crippen LogP contribution is 2.14. The van der Waals surface area contributed by atoms with Crippen LogP contribution in [-0.2, 0) is 21.1 Å². The summed E-state index contributed by atoms with van der Waals surface area (Å²) in [6, 6.07) is 13.5. The molecule has 154 valence electrons. The van der Waals surface area contributed by atoms with E-state index in [1.807, 2.05) is 0 Å². The molecule has 1 aromatic heterocycles. The summed E-state index contributed by atoms with van der Waals surface area (Å²) in [6.45, 7) is 0. The minimum absolute atomic E-state index is 0.00126. The van der Waals surface area contributed by atoms with Crippen molar-refractivity contribution < 1.29 is 22.6 Å². The number of anilines is 1. The number of nitro groups is 1. The van der Waals surface area contributed by atoms with Crippen LogP contribution in [-0.4, -0.2) is 35.2 Å². The number of carbonyl (C=O) groups is 1. The molecule has 1 amide bonds. The number of benzene rings is 2. The van der Waals surface area contributed by atoms with E-state index in [1.165, 1.54) is 48.6 Å². The molecule has 0 spiro atoms. The SMILES string of the molecule is O=C(C=Cc1ccc([N+](=O)[O-])cc1)Nc1nnc(CCS(=O)(=O)c2ccccc2)o1. The molecule has 0 aliphatic carbocycles. The smallest absolute Gasteiger partial charge is 0.322 e. The van der Waals surface area contributed by atoms with Gasteiger partial charge in [-0.05, 0) is 35.9 Å². The maximum atomic E-state index is 12.3. The van der Waals surface area contributed by atoms with Gasteiger partial charge >= 0.3 is 6.01 Å². The summed E-state index contributed by atoms with van der Waals surface area (Å²) in [5, 5.41) is 20.4. The summed E-state index contributed by atoms with van der Waals surface area (Å²) >= 11 is 0. The van der Waals surface area contributed by atoms with Crippen LogP contribution in [0, 0.1) is 10.1 Å². The Bertz CT molecular complexity index is 1170. The summed E-state index contributed by atoms with van der Waals surface area (Å²) in [7, 11) is -3.49. The standard InChI is InChI=1S/C19H16N4O6S/c24-17(11-8-14-6-9-15(10-7-14)23(25)26)20-19-22-21-18(29-19)12-13-30(27,28)16-4-2-1-3-5-16/h1-11H,12-13H2,(H,20,22,24). The summed E-state index contributed by atoms with van der Waals surface area (Å²) in [5.41, 5.74) is 0.539. The molecule has 3 rings (SSSR count). The van der Waals surface area contributed by atoms with Crippen LogP contribution >= 0.6 is 0 Å². The molecule has 0 atom stereocenters. The molecular weight excluding hydrogens is 412 g/mol. The van der Waals surface area contributed by atoms with Gasteiger partial charge in [-0.1, -0.05) is 23.3 Å². The van der Waals surface area contributed by atoms with Crippen molar-refractivity contribution >= 4 is 33.5 Å². The molecule has 0 aliphatic rings. The first-order chi connectivity index (χ1) is 14.3. The highest BCUT2D eigenvalue weighted by Gasteiger charge is 2.16. The fourth-order valence-electron chi connectivity index (χ4n) is 2.40. The number of amides is 1. The number of hydrogen-bond donors (Lipinski definition) is 1. The largest absolute Gasteiger partial charge is 0.408 e. The highest BCUT2D eigenvalue weighted by atomic mass is 32.2. The number of hydrogen-bond acceptors (Lipinski definition) is 8. The lowest BCUT2D eigenvalue weighted by atomic mass is 10.2. The maximum Gasteiger partial charge on any atom is 0.322 e. The van der Waals surface area contributed by atoms with Gasteiger partial charge in [0.05, 0.1) is 15.6 Å². The van der Waals surface area contributed by atoms with Crippen molar-refractivity contribution in [1.82, 2.24) is 10.2 Å². The predicted molar refractivity (Wildman–Crippen MR) is 107 cm³/mol. The van der Waals surface area contributed by atoms with Crippen LogP contribution < -0.4 is 5.32 Å². The Morgan fingerprint density at radius 2 is 1.80 bits per heavy atom. The summed E-state index contributed by atoms with van der Waals surface area (Å²) in [6.07, 6.45) is 2.66. The second-order valence-electron chi connectivity index (χ2n) is 6.05. The van der Waals surface area contributed by atoms with E-state index < -0.39 is 20.7 Å². The van der Waals surface area contributed by atoms with Crippen LogP contribution in [0.4, 0.5) is 11.7 Å². The molecule has 1 N–H and O–H groups in total. The number of non-ortho nitro benzene ring substituents is 1. The van der Waals surface area contributed by atoms with Crippen molar-refractivity contribution in [2.24, 2.45) is 0 Å². The van der Waals surface area contributed by atoms with E-state index in [0.29, 0.717) is 5.56 Å². The third-order valence-electron chi connectivity index (χ3n) is 3.92. The van der Waals surface area contributed by atoms with Gasteiger partial charge in [0, 0.05) is 24.6 Å². The van der Waals surface area contributed by atoms with Gasteiger partial charge in [0.25, 0.3) is 11.6 Å². The van der Waals surface area contributed by atoms with E-state index in [1.54, 1.807) is 18.2 Å². The molecule has 0 aliphatic heterocycles. The molecule has 30 heavy (non-hydrogen) atoms. The third-order valence-corrected chi connectivity index (χ3v) is 5.65. The topological polar surface area (TPSA) is 145 Å². The number of nitrogens with zero attached hydrogens (tertiary/aromatic N) is 3. The van der Waals surface area contributed by atoms with Gasteiger partial charge in [0.1, 0.15) is 0 Å². The second kappa shape index (κ2) is 9.09. The predicted octanol–water partition coefficient (Wildman–Crippen LogP) is 2.65. The zero-order valence-electron chi connectivity index (χ0n) is 15.5. The van der Waals surface area contributed by atoms with Crippen LogP contribution in [0.15, 0.2) is 70.0 Å². The van der Waals surface area contributed by atoms with E-state index in [4.69, 9.17) is 4.42 Å². The molecule has 10 nitrogen and oxygen atoms in total. The first-order valence-corrected chi connectivity index (χ1v) is 10.3. The first-order valence-electron chi connectivity index (χ1n) is 8.67. The number of sulfone groups is 1. The second-order valence-corrected chi connectivity index (χ2v) is 8.16. The molecule has 2 aromatic carbocycles. The minimum atomic E-state index is -3.49. The Labute approximate surface area is 171 Å². The van der Waals surface area contributed by atoms with Crippen molar-refractivity contribution in [2.45, 2.75) is 11.3 Å². The van der Waals surface area contributed by atoms with E-state index in [-0.39, 0.29) is 34.7 Å². The van der Waals surface area contributed by atoms with Gasteiger partial charge in [-0.3, -0.25) is 20.2 Å². The van der Waals surface area contributed by atoms with E-state index in [0.717, 1.165) is 0 Å². The molecule has 0 saturated heterocycles. The average Bonchev–Trinajstić information content (AvgIpc) is 3.19. The molecule has 0 saturated carbocycles. The number of aryl methyl sites for hydroxylation is 1. The molecule has 0 bridgehead atoms. The summed E-state index contributed by atoms with van der Waals surface area (Å²) in [5.74, 6) is -0.697. The number of nitrogens with one attached hydrogen (secondary N) is 1. The lowest BCUT2D eigenvalue weighted by Gasteiger charge is -2.01. The molecule has 0 fully saturated rings. The van der Waals surface area contributed by atoms with E-state index in [9.17, 15) is 23.3 Å². The van der Waals surface area contributed by atoms with Crippen LogP contribution in [0.5, 0.6) is 0 Å². The van der Waals surface area contributed by atoms with Gasteiger partial charge in [0.2, 0.25) is 5.89 Å². The van der Waals surface area contributed by atoms with Crippen LogP contribution in [0.25, 0.3) is 6.08 Å². The first kappa shape index (κ1) is 20.9. The normalized spacial score (nSPS) is 11.5. The lowest BCUT2D eigenvalue weighted by molar-refractivity contribution is -0.384. The van der Waals surface area contributed by atoms with Crippen molar-refractivity contribution in [3.63, 3.8) is 0 Å². The van der Waals surface area contributed by atoms with E-state index in [2.05, 4.69) is 15.5 Å². The third kappa shape index (κ3) is 5.58. The van der Waals surface area contributed by atoms with Crippen molar-refractivity contribution in [3.05, 3.63) is 82.2 Å². The van der Waals surface area contributed by atoms with Crippen molar-refractivity contribution in [1.29, 1.82) is 0 Å². The Kier molecular flexibility index (Phi) is 6.32. The fourth-order valence-corrected chi connectivity index (χ4v) is 3.65. The highest BCUT2D eigenvalue weighted by molar-refractivity contribution is 7.91. The van der Waals surface area contributed by atoms with Crippen LogP contribution in [0.2, 0.25) is 0 Å². The fraction of sp³-hybridized carbons (Fsp3) is 0.105. The summed E-state index contributed by atoms with van der Waals surface area (Å²) < 4.78 is 29.8. The van der Waals surface area contributed by atoms with Crippen LogP contribution in [0.3, 0.4) is 0 Å². The van der Waals surface area contributed by atoms with Gasteiger partial charge in [0.15, 0.2) is 9.84 Å². The van der Waals surface area contributed by atoms with Gasteiger partial charge in [-0.2, -0.15) is 0 Å². The number of rotatable bonds is 8. The lowest BCUT2D eigenvalue weighted by Crippen LogP contribution is -2.09. The van der Waals surface area contributed by atoms with Crippen molar-refractivity contribution in [3.8, 4) is 0 Å². The van der Waals surface area contributed by atoms with Crippen molar-refractivity contribution in [2.75, 3.05) is 11.1 Å².